The molecule has 0 aromatic heterocycles. The number of rotatable bonds is 3. The van der Waals surface area contributed by atoms with Gasteiger partial charge in [-0.1, -0.05) is 54.2 Å². The van der Waals surface area contributed by atoms with E-state index < -0.39 is 11.9 Å². The summed E-state index contributed by atoms with van der Waals surface area (Å²) >= 11 is 0. The number of hydrogen-bond acceptors (Lipinski definition) is 2. The van der Waals surface area contributed by atoms with Gasteiger partial charge in [0.2, 0.25) is 0 Å². The molecule has 0 aliphatic carbocycles. The molecule has 19 heavy (non-hydrogen) atoms. The second-order valence-electron chi connectivity index (χ2n) is 6.68. The van der Waals surface area contributed by atoms with Crippen LogP contribution in [-0.2, 0) is 9.59 Å². The van der Waals surface area contributed by atoms with Gasteiger partial charge in [0.15, 0.2) is 0 Å². The lowest BCUT2D eigenvalue weighted by Crippen LogP contribution is -2.10. The summed E-state index contributed by atoms with van der Waals surface area (Å²) in [4.78, 5) is 20.2. The van der Waals surface area contributed by atoms with Crippen molar-refractivity contribution in [1.29, 1.82) is 0 Å². The first-order chi connectivity index (χ1) is 8.24. The van der Waals surface area contributed by atoms with Crippen molar-refractivity contribution in [2.24, 2.45) is 10.8 Å². The van der Waals surface area contributed by atoms with Crippen LogP contribution in [0.3, 0.4) is 0 Å². The molecule has 0 saturated heterocycles. The number of hydrogen-bond donors (Lipinski definition) is 2. The molecular weight excluding hydrogens is 244 g/mol. The molecule has 2 N–H and O–H groups in total. The van der Waals surface area contributed by atoms with Gasteiger partial charge in [0.1, 0.15) is 0 Å². The summed E-state index contributed by atoms with van der Waals surface area (Å²) < 4.78 is 0. The maximum Gasteiger partial charge on any atom is 0.330 e. The molecule has 0 spiro atoms. The summed E-state index contributed by atoms with van der Waals surface area (Å²) in [5, 5.41) is 16.6. The smallest absolute Gasteiger partial charge is 0.330 e. The third-order valence-corrected chi connectivity index (χ3v) is 1.77. The summed E-state index contributed by atoms with van der Waals surface area (Å²) in [6, 6.07) is 0. The fourth-order valence-electron chi connectivity index (χ4n) is 1.04. The SMILES string of the molecule is C=C(CC(C)(C)C)C(=O)O.CC(C)(C)C=CC(=O)O. The molecular formula is C15H26O4. The second kappa shape index (κ2) is 7.77. The lowest BCUT2D eigenvalue weighted by Gasteiger charge is -2.17. The highest BCUT2D eigenvalue weighted by Crippen LogP contribution is 2.22. The van der Waals surface area contributed by atoms with Gasteiger partial charge in [-0.15, -0.1) is 0 Å². The van der Waals surface area contributed by atoms with Crippen molar-refractivity contribution in [3.63, 3.8) is 0 Å². The molecule has 0 aromatic carbocycles. The Hall–Kier alpha value is -1.58. The summed E-state index contributed by atoms with van der Waals surface area (Å²) in [6.45, 7) is 15.3. The zero-order chi connectivity index (χ0) is 15.9. The topological polar surface area (TPSA) is 74.6 Å². The van der Waals surface area contributed by atoms with Crippen molar-refractivity contribution in [1.82, 2.24) is 0 Å². The number of carbonyl (C=O) groups is 2. The van der Waals surface area contributed by atoms with E-state index in [1.807, 2.05) is 41.5 Å². The van der Waals surface area contributed by atoms with Crippen LogP contribution in [0.4, 0.5) is 0 Å². The van der Waals surface area contributed by atoms with Crippen LogP contribution in [0.2, 0.25) is 0 Å². The molecule has 4 nitrogen and oxygen atoms in total. The second-order valence-corrected chi connectivity index (χ2v) is 6.68. The fraction of sp³-hybridized carbons (Fsp3) is 0.600. The van der Waals surface area contributed by atoms with E-state index in [1.54, 1.807) is 6.08 Å². The zero-order valence-electron chi connectivity index (χ0n) is 12.8. The first-order valence-electron chi connectivity index (χ1n) is 6.08. The Labute approximate surface area is 115 Å². The molecule has 0 bridgehead atoms. The van der Waals surface area contributed by atoms with Gasteiger partial charge >= 0.3 is 11.9 Å². The quantitative estimate of drug-likeness (QED) is 0.766. The number of carboxylic acids is 2. The predicted molar refractivity (Wildman–Crippen MR) is 77.1 cm³/mol. The van der Waals surface area contributed by atoms with Gasteiger partial charge < -0.3 is 10.2 Å². The first kappa shape index (κ1) is 19.8. The molecule has 0 aliphatic rings. The van der Waals surface area contributed by atoms with E-state index in [1.165, 1.54) is 6.08 Å². The highest BCUT2D eigenvalue weighted by atomic mass is 16.4. The van der Waals surface area contributed by atoms with Crippen molar-refractivity contribution >= 4 is 11.9 Å². The maximum absolute atomic E-state index is 10.3. The van der Waals surface area contributed by atoms with Gasteiger partial charge in [0.25, 0.3) is 0 Å². The molecule has 0 fully saturated rings. The summed E-state index contributed by atoms with van der Waals surface area (Å²) in [5.74, 6) is -1.78. The van der Waals surface area contributed by atoms with E-state index in [0.717, 1.165) is 0 Å². The molecule has 110 valence electrons. The van der Waals surface area contributed by atoms with Crippen LogP contribution in [0.25, 0.3) is 0 Å². The molecule has 0 saturated carbocycles. The Bertz CT molecular complexity index is 351. The standard InChI is InChI=1S/C8H14O2.C7H12O2/c1-6(7(9)10)5-8(2,3)4;1-7(2,3)5-4-6(8)9/h1,5H2,2-4H3,(H,9,10);4-5H,1-3H3,(H,8,9). The highest BCUT2D eigenvalue weighted by Gasteiger charge is 2.15. The maximum atomic E-state index is 10.3. The lowest BCUT2D eigenvalue weighted by atomic mass is 9.88. The van der Waals surface area contributed by atoms with Gasteiger partial charge in [-0.2, -0.15) is 0 Å². The first-order valence-corrected chi connectivity index (χ1v) is 6.08. The highest BCUT2D eigenvalue weighted by molar-refractivity contribution is 5.85. The minimum atomic E-state index is -0.894. The van der Waals surface area contributed by atoms with Crippen LogP contribution in [0.1, 0.15) is 48.0 Å². The van der Waals surface area contributed by atoms with E-state index in [-0.39, 0.29) is 16.4 Å². The predicted octanol–water partition coefficient (Wildman–Crippen LogP) is 3.74. The minimum absolute atomic E-state index is 0.0233. The molecule has 0 heterocycles. The molecule has 0 aromatic rings. The summed E-state index contributed by atoms with van der Waals surface area (Å²) in [6.07, 6.45) is 3.37. The monoisotopic (exact) mass is 270 g/mol. The Morgan fingerprint density at radius 1 is 1.05 bits per heavy atom. The van der Waals surface area contributed by atoms with Crippen molar-refractivity contribution < 1.29 is 19.8 Å². The Morgan fingerprint density at radius 2 is 1.47 bits per heavy atom. The average molecular weight is 270 g/mol. The van der Waals surface area contributed by atoms with Crippen LogP contribution in [0.5, 0.6) is 0 Å². The number of aliphatic carboxylic acids is 2. The zero-order valence-corrected chi connectivity index (χ0v) is 12.8. The lowest BCUT2D eigenvalue weighted by molar-refractivity contribution is -0.133. The van der Waals surface area contributed by atoms with Crippen molar-refractivity contribution in [2.45, 2.75) is 48.0 Å². The summed E-state index contributed by atoms with van der Waals surface area (Å²) in [5.41, 5.74) is 0.279. The average Bonchev–Trinajstić information content (AvgIpc) is 2.11. The largest absolute Gasteiger partial charge is 0.478 e. The van der Waals surface area contributed by atoms with Gasteiger partial charge in [-0.25, -0.2) is 9.59 Å². The normalized spacial score (nSPS) is 11.7. The van der Waals surface area contributed by atoms with Gasteiger partial charge in [0, 0.05) is 11.6 Å². The van der Waals surface area contributed by atoms with Crippen LogP contribution in [-0.4, -0.2) is 22.2 Å². The summed E-state index contributed by atoms with van der Waals surface area (Å²) in [7, 11) is 0. The Kier molecular flexibility index (Phi) is 8.08. The molecule has 0 amide bonds. The molecule has 4 heteroatoms. The van der Waals surface area contributed by atoms with Crippen LogP contribution in [0.15, 0.2) is 24.3 Å². The van der Waals surface area contributed by atoms with Gasteiger partial charge in [-0.05, 0) is 17.3 Å². The van der Waals surface area contributed by atoms with Crippen molar-refractivity contribution in [3.8, 4) is 0 Å². The number of allylic oxidation sites excluding steroid dienone is 1. The van der Waals surface area contributed by atoms with Gasteiger partial charge in [-0.3, -0.25) is 0 Å². The van der Waals surface area contributed by atoms with Gasteiger partial charge in [0.05, 0.1) is 0 Å². The Morgan fingerprint density at radius 3 is 1.58 bits per heavy atom. The third kappa shape index (κ3) is 19.0. The fourth-order valence-corrected chi connectivity index (χ4v) is 1.04. The van der Waals surface area contributed by atoms with Crippen LogP contribution in [0, 0.1) is 10.8 Å². The molecule has 0 aliphatic heterocycles. The van der Waals surface area contributed by atoms with Crippen molar-refractivity contribution in [2.75, 3.05) is 0 Å². The van der Waals surface area contributed by atoms with E-state index in [4.69, 9.17) is 10.2 Å². The van der Waals surface area contributed by atoms with E-state index in [9.17, 15) is 9.59 Å². The molecule has 0 atom stereocenters. The van der Waals surface area contributed by atoms with E-state index in [2.05, 4.69) is 6.58 Å². The Balaban J connectivity index is 0. The van der Waals surface area contributed by atoms with E-state index >= 15 is 0 Å². The third-order valence-electron chi connectivity index (χ3n) is 1.77. The van der Waals surface area contributed by atoms with Crippen LogP contribution >= 0.6 is 0 Å². The molecule has 0 rings (SSSR count). The van der Waals surface area contributed by atoms with E-state index in [0.29, 0.717) is 6.42 Å². The molecule has 0 radical (unpaired) electrons. The van der Waals surface area contributed by atoms with Crippen molar-refractivity contribution in [3.05, 3.63) is 24.3 Å². The van der Waals surface area contributed by atoms with Crippen LogP contribution < -0.4 is 0 Å². The number of carboxylic acid groups (broad SMARTS) is 2. The molecule has 0 unspecified atom stereocenters. The minimum Gasteiger partial charge on any atom is -0.478 e.